The van der Waals surface area contributed by atoms with Crippen LogP contribution in [-0.4, -0.2) is 21.2 Å². The summed E-state index contributed by atoms with van der Waals surface area (Å²) < 4.78 is 7.65. The quantitative estimate of drug-likeness (QED) is 0.745. The molecule has 1 aromatic carbocycles. The van der Waals surface area contributed by atoms with Crippen LogP contribution in [0.15, 0.2) is 25.9 Å². The minimum atomic E-state index is -0.700. The fraction of sp³-hybridized carbons (Fsp3) is 0.333. The summed E-state index contributed by atoms with van der Waals surface area (Å²) in [4.78, 5) is 26.6. The fourth-order valence-corrected chi connectivity index (χ4v) is 2.92. The zero-order valence-corrected chi connectivity index (χ0v) is 13.8. The first-order valence-electron chi connectivity index (χ1n) is 5.52. The molecule has 0 aliphatic rings. The van der Waals surface area contributed by atoms with E-state index in [-0.39, 0.29) is 0 Å². The molecule has 2 rings (SSSR count). The first-order chi connectivity index (χ1) is 8.69. The van der Waals surface area contributed by atoms with Gasteiger partial charge >= 0.3 is 11.8 Å². The van der Waals surface area contributed by atoms with Gasteiger partial charge in [-0.15, -0.1) is 0 Å². The second-order valence-electron chi connectivity index (χ2n) is 5.03. The maximum atomic E-state index is 12.1. The molecule has 0 unspecified atom stereocenters. The fourth-order valence-electron chi connectivity index (χ4n) is 1.62. The van der Waals surface area contributed by atoms with Gasteiger partial charge in [0.2, 0.25) is 0 Å². The Balaban J connectivity index is 2.64. The Bertz CT molecular complexity index is 710. The number of rotatable bonds is 0. The molecule has 1 aromatic heterocycles. The molecule has 0 aliphatic heterocycles. The second-order valence-corrected chi connectivity index (χ2v) is 6.80. The zero-order chi connectivity index (χ0) is 14.4. The molecule has 102 valence electrons. The van der Waals surface area contributed by atoms with Crippen molar-refractivity contribution >= 4 is 49.0 Å². The van der Waals surface area contributed by atoms with Crippen molar-refractivity contribution in [1.82, 2.24) is 9.55 Å². The lowest BCUT2D eigenvalue weighted by atomic mass is 10.2. The molecular weight excluding hydrogens is 380 g/mol. The number of carbonyl (C=O) groups excluding carboxylic acids is 1. The monoisotopic (exact) mass is 390 g/mol. The summed E-state index contributed by atoms with van der Waals surface area (Å²) in [5, 5.41) is 0. The maximum Gasteiger partial charge on any atom is 0.423 e. The highest BCUT2D eigenvalue weighted by Gasteiger charge is 2.22. The van der Waals surface area contributed by atoms with E-state index in [2.05, 4.69) is 36.8 Å². The van der Waals surface area contributed by atoms with E-state index in [1.165, 1.54) is 0 Å². The van der Waals surface area contributed by atoms with Crippen LogP contribution in [0.2, 0.25) is 0 Å². The molecule has 0 amide bonds. The number of halogens is 2. The summed E-state index contributed by atoms with van der Waals surface area (Å²) in [6, 6.07) is 3.47. The van der Waals surface area contributed by atoms with Crippen LogP contribution in [0.4, 0.5) is 4.79 Å². The van der Waals surface area contributed by atoms with E-state index in [4.69, 9.17) is 4.74 Å². The first kappa shape index (κ1) is 14.3. The van der Waals surface area contributed by atoms with Gasteiger partial charge in [0, 0.05) is 8.95 Å². The number of fused-ring (bicyclic) bond motifs is 1. The molecule has 0 fully saturated rings. The van der Waals surface area contributed by atoms with Gasteiger partial charge in [-0.1, -0.05) is 15.9 Å². The van der Waals surface area contributed by atoms with Crippen molar-refractivity contribution in [2.75, 3.05) is 0 Å². The normalized spacial score (nSPS) is 11.8. The first-order valence-corrected chi connectivity index (χ1v) is 7.11. The van der Waals surface area contributed by atoms with Crippen LogP contribution >= 0.6 is 31.9 Å². The molecule has 7 heteroatoms. The molecule has 0 radical (unpaired) electrons. The molecule has 1 heterocycles. The van der Waals surface area contributed by atoms with Gasteiger partial charge in [0.05, 0.1) is 11.0 Å². The van der Waals surface area contributed by atoms with Crippen molar-refractivity contribution in [2.45, 2.75) is 26.4 Å². The number of imidazole rings is 1. The summed E-state index contributed by atoms with van der Waals surface area (Å²) in [6.45, 7) is 5.24. The maximum absolute atomic E-state index is 12.1. The number of aromatic amines is 1. The summed E-state index contributed by atoms with van der Waals surface area (Å²) in [6.07, 6.45) is -0.700. The minimum Gasteiger partial charge on any atom is -0.443 e. The third-order valence-corrected chi connectivity index (χ3v) is 3.37. The summed E-state index contributed by atoms with van der Waals surface area (Å²) >= 11 is 6.67. The van der Waals surface area contributed by atoms with E-state index in [1.54, 1.807) is 32.9 Å². The zero-order valence-electron chi connectivity index (χ0n) is 10.6. The number of benzene rings is 1. The van der Waals surface area contributed by atoms with Gasteiger partial charge in [0.1, 0.15) is 5.60 Å². The third-order valence-electron chi connectivity index (χ3n) is 2.29. The lowest BCUT2D eigenvalue weighted by Gasteiger charge is -2.19. The Hall–Kier alpha value is -1.08. The highest BCUT2D eigenvalue weighted by atomic mass is 79.9. The summed E-state index contributed by atoms with van der Waals surface area (Å²) in [7, 11) is 0. The van der Waals surface area contributed by atoms with E-state index in [1.807, 2.05) is 0 Å². The average molecular weight is 392 g/mol. The lowest BCUT2D eigenvalue weighted by molar-refractivity contribution is 0.0538. The third kappa shape index (κ3) is 2.92. The summed E-state index contributed by atoms with van der Waals surface area (Å²) in [5.74, 6) is 0. The van der Waals surface area contributed by atoms with Crippen LogP contribution in [0.5, 0.6) is 0 Å². The van der Waals surface area contributed by atoms with Crippen LogP contribution in [0.25, 0.3) is 11.0 Å². The molecule has 0 spiro atoms. The smallest absolute Gasteiger partial charge is 0.423 e. The van der Waals surface area contributed by atoms with Gasteiger partial charge < -0.3 is 9.72 Å². The Morgan fingerprint density at radius 3 is 2.53 bits per heavy atom. The number of aromatic nitrogens is 2. The van der Waals surface area contributed by atoms with E-state index >= 15 is 0 Å². The van der Waals surface area contributed by atoms with Gasteiger partial charge in [-0.3, -0.25) is 0 Å². The Kier molecular flexibility index (Phi) is 3.61. The van der Waals surface area contributed by atoms with Crippen LogP contribution < -0.4 is 5.69 Å². The van der Waals surface area contributed by atoms with Crippen molar-refractivity contribution in [1.29, 1.82) is 0 Å². The van der Waals surface area contributed by atoms with E-state index in [0.29, 0.717) is 15.5 Å². The number of hydrogen-bond donors (Lipinski definition) is 1. The molecule has 0 bridgehead atoms. The minimum absolute atomic E-state index is 0.459. The molecule has 0 saturated heterocycles. The molecule has 5 nitrogen and oxygen atoms in total. The number of ether oxygens (including phenoxy) is 1. The SMILES string of the molecule is CC(C)(C)OC(=O)n1c(=O)[nH]c2c(Br)cc(Br)cc21. The van der Waals surface area contributed by atoms with Crippen molar-refractivity contribution in [3.05, 3.63) is 31.6 Å². The number of carbonyl (C=O) groups is 1. The largest absolute Gasteiger partial charge is 0.443 e. The predicted molar refractivity (Wildman–Crippen MR) is 79.6 cm³/mol. The Morgan fingerprint density at radius 1 is 1.32 bits per heavy atom. The standard InChI is InChI=1S/C12H12Br2N2O3/c1-12(2,3)19-11(18)16-8-5-6(13)4-7(14)9(8)15-10(16)17/h4-5H,1-3H3,(H,15,17). The van der Waals surface area contributed by atoms with Crippen molar-refractivity contribution < 1.29 is 9.53 Å². The average Bonchev–Trinajstić information content (AvgIpc) is 2.52. The molecule has 2 aromatic rings. The van der Waals surface area contributed by atoms with Crippen LogP contribution in [-0.2, 0) is 4.74 Å². The van der Waals surface area contributed by atoms with Crippen molar-refractivity contribution in [2.24, 2.45) is 0 Å². The van der Waals surface area contributed by atoms with Crippen LogP contribution in [0.3, 0.4) is 0 Å². The van der Waals surface area contributed by atoms with E-state index < -0.39 is 17.4 Å². The summed E-state index contributed by atoms with van der Waals surface area (Å²) in [5.41, 5.74) is -0.175. The molecule has 1 N–H and O–H groups in total. The van der Waals surface area contributed by atoms with Gasteiger partial charge in [0.25, 0.3) is 0 Å². The number of nitrogens with zero attached hydrogens (tertiary/aromatic N) is 1. The van der Waals surface area contributed by atoms with E-state index in [9.17, 15) is 9.59 Å². The highest BCUT2D eigenvalue weighted by Crippen LogP contribution is 2.26. The van der Waals surface area contributed by atoms with Crippen molar-refractivity contribution in [3.8, 4) is 0 Å². The second kappa shape index (κ2) is 4.79. The highest BCUT2D eigenvalue weighted by molar-refractivity contribution is 9.11. The van der Waals surface area contributed by atoms with Gasteiger partial charge in [-0.2, -0.15) is 4.57 Å². The van der Waals surface area contributed by atoms with Crippen molar-refractivity contribution in [3.63, 3.8) is 0 Å². The van der Waals surface area contributed by atoms with Gasteiger partial charge in [-0.05, 0) is 48.8 Å². The Labute approximate surface area is 126 Å². The molecule has 0 aliphatic carbocycles. The number of nitrogens with one attached hydrogen (secondary N) is 1. The number of hydrogen-bond acceptors (Lipinski definition) is 3. The topological polar surface area (TPSA) is 64.1 Å². The van der Waals surface area contributed by atoms with Gasteiger partial charge in [0.15, 0.2) is 0 Å². The van der Waals surface area contributed by atoms with Crippen LogP contribution in [0, 0.1) is 0 Å². The number of H-pyrrole nitrogens is 1. The molecule has 0 atom stereocenters. The molecular formula is C12H12Br2N2O3. The lowest BCUT2D eigenvalue weighted by Crippen LogP contribution is -2.32. The van der Waals surface area contributed by atoms with E-state index in [0.717, 1.165) is 9.04 Å². The molecule has 19 heavy (non-hydrogen) atoms. The molecule has 0 saturated carbocycles. The Morgan fingerprint density at radius 2 is 1.95 bits per heavy atom. The van der Waals surface area contributed by atoms with Gasteiger partial charge in [-0.25, -0.2) is 9.59 Å². The predicted octanol–water partition coefficient (Wildman–Crippen LogP) is 3.64. The van der Waals surface area contributed by atoms with Crippen LogP contribution in [0.1, 0.15) is 20.8 Å².